The van der Waals surface area contributed by atoms with Crippen LogP contribution in [0, 0.1) is 22.7 Å². The zero-order valence-corrected chi connectivity index (χ0v) is 17.2. The summed E-state index contributed by atoms with van der Waals surface area (Å²) in [6.45, 7) is 9.57. The molecule has 2 aliphatic rings. The van der Waals surface area contributed by atoms with E-state index in [9.17, 15) is 9.90 Å². The molecular weight excluding hydrogens is 352 g/mol. The lowest BCUT2D eigenvalue weighted by molar-refractivity contribution is -0.119. The number of aliphatic hydroxyl groups is 1. The number of allylic oxidation sites excluding steroid dienone is 1. The van der Waals surface area contributed by atoms with Crippen LogP contribution in [0.3, 0.4) is 0 Å². The molecule has 1 aromatic heterocycles. The molecule has 0 aliphatic heterocycles. The molecule has 1 saturated carbocycles. The van der Waals surface area contributed by atoms with Crippen LogP contribution in [0.15, 0.2) is 51.2 Å². The predicted molar refractivity (Wildman–Crippen MR) is 110 cm³/mol. The lowest BCUT2D eigenvalue weighted by atomic mass is 9.48. The smallest absolute Gasteiger partial charge is 0.336 e. The summed E-state index contributed by atoms with van der Waals surface area (Å²) in [5.74, 6) is 1.45. The van der Waals surface area contributed by atoms with Gasteiger partial charge in [0, 0.05) is 23.4 Å². The summed E-state index contributed by atoms with van der Waals surface area (Å²) in [5, 5.41) is 11.5. The molecule has 0 spiro atoms. The molecule has 0 unspecified atom stereocenters. The van der Waals surface area contributed by atoms with Crippen molar-refractivity contribution in [2.75, 3.05) is 6.61 Å². The van der Waals surface area contributed by atoms with Crippen LogP contribution in [0.1, 0.15) is 47.0 Å². The van der Waals surface area contributed by atoms with Gasteiger partial charge in [-0.15, -0.1) is 0 Å². The monoisotopic (exact) mass is 382 g/mol. The van der Waals surface area contributed by atoms with Crippen LogP contribution < -0.4 is 10.4 Å². The lowest BCUT2D eigenvalue weighted by Crippen LogP contribution is -2.55. The second-order valence-corrected chi connectivity index (χ2v) is 9.44. The Morgan fingerprint density at radius 3 is 2.75 bits per heavy atom. The molecule has 0 bridgehead atoms. The van der Waals surface area contributed by atoms with Gasteiger partial charge in [-0.2, -0.15) is 0 Å². The standard InChI is InChI=1S/C24H30O4/c1-15-5-9-20-23(2,3)21(25)11-12-24(20,4)18(15)14-27-17-8-6-16-7-10-22(26)28-19(16)13-17/h5-8,10,13,18,20-21,25H,9,11-12,14H2,1-4H3/t18-,20+,21-,24-/m0/s1. The van der Waals surface area contributed by atoms with Crippen molar-refractivity contribution in [2.45, 2.75) is 53.1 Å². The third-order valence-corrected chi connectivity index (χ3v) is 7.54. The number of fused-ring (bicyclic) bond motifs is 2. The molecule has 0 amide bonds. The van der Waals surface area contributed by atoms with Crippen molar-refractivity contribution in [3.05, 3.63) is 52.4 Å². The van der Waals surface area contributed by atoms with E-state index in [4.69, 9.17) is 9.15 Å². The average molecular weight is 383 g/mol. The van der Waals surface area contributed by atoms with Gasteiger partial charge in [0.05, 0.1) is 12.7 Å². The molecule has 4 atom stereocenters. The first kappa shape index (κ1) is 19.3. The molecular formula is C24H30O4. The van der Waals surface area contributed by atoms with E-state index in [1.807, 2.05) is 12.1 Å². The van der Waals surface area contributed by atoms with Gasteiger partial charge in [0.15, 0.2) is 0 Å². The molecule has 4 heteroatoms. The maximum absolute atomic E-state index is 11.5. The van der Waals surface area contributed by atoms with Gasteiger partial charge in [-0.05, 0) is 61.1 Å². The molecule has 1 aromatic carbocycles. The minimum atomic E-state index is -0.353. The van der Waals surface area contributed by atoms with Crippen LogP contribution in [0.5, 0.6) is 5.75 Å². The van der Waals surface area contributed by atoms with Gasteiger partial charge in [0.2, 0.25) is 0 Å². The lowest BCUT2D eigenvalue weighted by Gasteiger charge is -2.58. The Kier molecular flexibility index (Phi) is 4.65. The fourth-order valence-electron chi connectivity index (χ4n) is 5.66. The second kappa shape index (κ2) is 6.77. The van der Waals surface area contributed by atoms with Gasteiger partial charge in [0.1, 0.15) is 11.3 Å². The van der Waals surface area contributed by atoms with Gasteiger partial charge in [0.25, 0.3) is 0 Å². The highest BCUT2D eigenvalue weighted by Gasteiger charge is 2.55. The number of hydrogen-bond donors (Lipinski definition) is 1. The molecule has 2 aliphatic carbocycles. The van der Waals surface area contributed by atoms with E-state index in [1.54, 1.807) is 12.1 Å². The molecule has 4 nitrogen and oxygen atoms in total. The van der Waals surface area contributed by atoms with Gasteiger partial charge in [-0.3, -0.25) is 0 Å². The first-order valence-corrected chi connectivity index (χ1v) is 10.2. The molecule has 0 saturated heterocycles. The van der Waals surface area contributed by atoms with Crippen LogP contribution >= 0.6 is 0 Å². The molecule has 4 rings (SSSR count). The molecule has 1 heterocycles. The average Bonchev–Trinajstić information content (AvgIpc) is 2.64. The van der Waals surface area contributed by atoms with Crippen molar-refractivity contribution in [1.29, 1.82) is 0 Å². The van der Waals surface area contributed by atoms with Crippen molar-refractivity contribution < 1.29 is 14.3 Å². The summed E-state index contributed by atoms with van der Waals surface area (Å²) in [5.41, 5.74) is 1.57. The van der Waals surface area contributed by atoms with E-state index in [0.29, 0.717) is 24.0 Å². The minimum absolute atomic E-state index is 0.102. The van der Waals surface area contributed by atoms with Crippen LogP contribution in [0.4, 0.5) is 0 Å². The van der Waals surface area contributed by atoms with Crippen molar-refractivity contribution in [3.8, 4) is 5.75 Å². The van der Waals surface area contributed by atoms with Gasteiger partial charge in [-0.1, -0.05) is 32.4 Å². The predicted octanol–water partition coefficient (Wildman–Crippen LogP) is 4.94. The van der Waals surface area contributed by atoms with Crippen molar-refractivity contribution >= 4 is 11.0 Å². The Hall–Kier alpha value is -2.07. The van der Waals surface area contributed by atoms with Crippen molar-refractivity contribution in [1.82, 2.24) is 0 Å². The molecule has 150 valence electrons. The Labute approximate surface area is 166 Å². The van der Waals surface area contributed by atoms with E-state index < -0.39 is 0 Å². The van der Waals surface area contributed by atoms with E-state index in [-0.39, 0.29) is 22.6 Å². The molecule has 1 N–H and O–H groups in total. The Balaban J connectivity index is 1.59. The maximum atomic E-state index is 11.5. The number of aliphatic hydroxyl groups excluding tert-OH is 1. The largest absolute Gasteiger partial charge is 0.493 e. The molecule has 28 heavy (non-hydrogen) atoms. The second-order valence-electron chi connectivity index (χ2n) is 9.44. The third kappa shape index (κ3) is 3.08. The molecule has 2 aromatic rings. The normalized spacial score (nSPS) is 31.9. The first-order chi connectivity index (χ1) is 13.2. The fraction of sp³-hybridized carbons (Fsp3) is 0.542. The van der Waals surface area contributed by atoms with E-state index >= 15 is 0 Å². The van der Waals surface area contributed by atoms with Crippen molar-refractivity contribution in [3.63, 3.8) is 0 Å². The first-order valence-electron chi connectivity index (χ1n) is 10.2. The van der Waals surface area contributed by atoms with Crippen LogP contribution in [0.2, 0.25) is 0 Å². The van der Waals surface area contributed by atoms with Gasteiger partial charge < -0.3 is 14.3 Å². The molecule has 1 fully saturated rings. The summed E-state index contributed by atoms with van der Waals surface area (Å²) in [7, 11) is 0. The highest BCUT2D eigenvalue weighted by molar-refractivity contribution is 5.77. The summed E-state index contributed by atoms with van der Waals surface area (Å²) < 4.78 is 11.5. The fourth-order valence-corrected chi connectivity index (χ4v) is 5.66. The zero-order chi connectivity index (χ0) is 20.1. The van der Waals surface area contributed by atoms with Gasteiger partial charge in [-0.25, -0.2) is 4.79 Å². The topological polar surface area (TPSA) is 59.7 Å². The summed E-state index contributed by atoms with van der Waals surface area (Å²) in [6, 6.07) is 8.84. The number of hydrogen-bond acceptors (Lipinski definition) is 4. The Morgan fingerprint density at radius 1 is 1.21 bits per heavy atom. The third-order valence-electron chi connectivity index (χ3n) is 7.54. The quantitative estimate of drug-likeness (QED) is 0.603. The number of rotatable bonds is 3. The summed E-state index contributed by atoms with van der Waals surface area (Å²) in [4.78, 5) is 11.5. The van der Waals surface area contributed by atoms with E-state index in [2.05, 4.69) is 33.8 Å². The zero-order valence-electron chi connectivity index (χ0n) is 17.2. The van der Waals surface area contributed by atoms with Crippen molar-refractivity contribution in [2.24, 2.45) is 22.7 Å². The summed E-state index contributed by atoms with van der Waals surface area (Å²) in [6.07, 6.45) is 4.95. The van der Waals surface area contributed by atoms with Crippen LogP contribution in [0.25, 0.3) is 11.0 Å². The van der Waals surface area contributed by atoms with Gasteiger partial charge >= 0.3 is 5.63 Å². The van der Waals surface area contributed by atoms with Crippen LogP contribution in [-0.2, 0) is 0 Å². The SMILES string of the molecule is CC1=CC[C@@H]2C(C)(C)[C@@H](O)CC[C@@]2(C)[C@H]1COc1ccc2ccc(=O)oc2c1. The highest BCUT2D eigenvalue weighted by atomic mass is 16.5. The number of benzene rings is 1. The minimum Gasteiger partial charge on any atom is -0.493 e. The van der Waals surface area contributed by atoms with E-state index in [0.717, 1.165) is 30.4 Å². The van der Waals surface area contributed by atoms with Crippen LogP contribution in [-0.4, -0.2) is 17.8 Å². The molecule has 0 radical (unpaired) electrons. The maximum Gasteiger partial charge on any atom is 0.336 e. The summed E-state index contributed by atoms with van der Waals surface area (Å²) >= 11 is 0. The van der Waals surface area contributed by atoms with E-state index in [1.165, 1.54) is 11.6 Å². The Morgan fingerprint density at radius 2 is 1.96 bits per heavy atom. The number of ether oxygens (including phenoxy) is 1. The Bertz CT molecular complexity index is 970. The highest BCUT2D eigenvalue weighted by Crippen LogP contribution is 2.59.